The maximum Gasteiger partial charge on any atom is 0.226 e. The molecule has 5 rings (SSSR count). The van der Waals surface area contributed by atoms with Crippen LogP contribution >= 0.6 is 24.0 Å². The third kappa shape index (κ3) is 3.62. The second-order valence-electron chi connectivity index (χ2n) is 8.71. The van der Waals surface area contributed by atoms with E-state index in [1.165, 1.54) is 0 Å². The molecule has 160 valence electrons. The highest BCUT2D eigenvalue weighted by Crippen LogP contribution is 2.48. The van der Waals surface area contributed by atoms with Gasteiger partial charge in [-0.3, -0.25) is 9.78 Å². The fourth-order valence-electron chi connectivity index (χ4n) is 5.60. The van der Waals surface area contributed by atoms with Gasteiger partial charge in [-0.2, -0.15) is 0 Å². The summed E-state index contributed by atoms with van der Waals surface area (Å²) < 4.78 is 0. The molecule has 3 aliphatic rings. The molecule has 1 aromatic carbocycles. The van der Waals surface area contributed by atoms with Crippen LogP contribution in [0, 0.1) is 17.8 Å². The van der Waals surface area contributed by atoms with Crippen LogP contribution in [0.25, 0.3) is 11.1 Å². The van der Waals surface area contributed by atoms with E-state index in [1.807, 2.05) is 41.4 Å². The zero-order valence-electron chi connectivity index (χ0n) is 16.5. The summed E-state index contributed by atoms with van der Waals surface area (Å²) in [5.41, 5.74) is 3.02. The summed E-state index contributed by atoms with van der Waals surface area (Å²) in [6.07, 6.45) is 5.31. The van der Waals surface area contributed by atoms with Gasteiger partial charge in [-0.05, 0) is 54.9 Å². The van der Waals surface area contributed by atoms with Gasteiger partial charge in [-0.15, -0.1) is 12.4 Å². The average molecular weight is 449 g/mol. The highest BCUT2D eigenvalue weighted by atomic mass is 35.5. The molecule has 1 aromatic heterocycles. The van der Waals surface area contributed by atoms with E-state index in [1.54, 1.807) is 6.20 Å². The van der Waals surface area contributed by atoms with Gasteiger partial charge in [-0.1, -0.05) is 29.8 Å². The van der Waals surface area contributed by atoms with E-state index in [2.05, 4.69) is 4.98 Å². The molecule has 7 heteroatoms. The zero-order valence-corrected chi connectivity index (χ0v) is 18.1. The first-order chi connectivity index (χ1) is 14.0. The van der Waals surface area contributed by atoms with Gasteiger partial charge in [0, 0.05) is 47.4 Å². The van der Waals surface area contributed by atoms with Crippen molar-refractivity contribution in [1.29, 1.82) is 0 Å². The minimum atomic E-state index is -0.694. The third-order valence-electron chi connectivity index (χ3n) is 7.15. The van der Waals surface area contributed by atoms with Crippen molar-refractivity contribution in [3.05, 3.63) is 53.3 Å². The van der Waals surface area contributed by atoms with Gasteiger partial charge >= 0.3 is 0 Å². The Bertz CT molecular complexity index is 924. The predicted octanol–water partition coefficient (Wildman–Crippen LogP) is 3.35. The maximum absolute atomic E-state index is 13.1. The molecule has 1 saturated heterocycles. The lowest BCUT2D eigenvalue weighted by Crippen LogP contribution is -2.48. The third-order valence-corrected chi connectivity index (χ3v) is 7.50. The number of aromatic nitrogens is 1. The fourth-order valence-corrected chi connectivity index (χ4v) is 5.86. The molecule has 6 unspecified atom stereocenters. The minimum absolute atomic E-state index is 0. The number of rotatable bonds is 4. The highest BCUT2D eigenvalue weighted by molar-refractivity contribution is 6.31. The van der Waals surface area contributed by atoms with Crippen molar-refractivity contribution in [2.24, 2.45) is 17.8 Å². The second-order valence-corrected chi connectivity index (χ2v) is 9.12. The van der Waals surface area contributed by atoms with Crippen molar-refractivity contribution >= 4 is 29.9 Å². The van der Waals surface area contributed by atoms with Gasteiger partial charge in [0.25, 0.3) is 0 Å². The van der Waals surface area contributed by atoms with Crippen LogP contribution in [-0.4, -0.2) is 50.8 Å². The maximum atomic E-state index is 13.1. The average Bonchev–Trinajstić information content (AvgIpc) is 3.39. The Balaban J connectivity index is 0.00000218. The quantitative estimate of drug-likeness (QED) is 0.751. The molecule has 30 heavy (non-hydrogen) atoms. The summed E-state index contributed by atoms with van der Waals surface area (Å²) in [7, 11) is 0. The van der Waals surface area contributed by atoms with Crippen molar-refractivity contribution in [2.75, 3.05) is 6.54 Å². The van der Waals surface area contributed by atoms with Crippen molar-refractivity contribution in [2.45, 2.75) is 43.9 Å². The van der Waals surface area contributed by atoms with Crippen LogP contribution in [0.1, 0.15) is 24.8 Å². The number of pyridine rings is 1. The number of carbonyl (C=O) groups is 1. The number of amides is 1. The topological polar surface area (TPSA) is 73.7 Å². The Morgan fingerprint density at radius 2 is 1.97 bits per heavy atom. The molecule has 1 aliphatic heterocycles. The lowest BCUT2D eigenvalue weighted by molar-refractivity contribution is -0.136. The van der Waals surface area contributed by atoms with E-state index in [0.29, 0.717) is 11.4 Å². The number of halogens is 2. The van der Waals surface area contributed by atoms with E-state index in [9.17, 15) is 15.0 Å². The van der Waals surface area contributed by atoms with Crippen LogP contribution in [0.5, 0.6) is 0 Å². The number of aliphatic hydroxyl groups is 2. The van der Waals surface area contributed by atoms with Crippen LogP contribution < -0.4 is 0 Å². The van der Waals surface area contributed by atoms with Crippen molar-refractivity contribution < 1.29 is 15.0 Å². The molecule has 2 bridgehead atoms. The monoisotopic (exact) mass is 448 g/mol. The molecule has 2 aromatic rings. The number of hydrogen-bond acceptors (Lipinski definition) is 4. The van der Waals surface area contributed by atoms with Gasteiger partial charge in [-0.25, -0.2) is 0 Å². The Hall–Kier alpha value is -1.66. The number of nitrogens with zero attached hydrogens (tertiary/aromatic N) is 2. The number of aliphatic hydroxyl groups excluding tert-OH is 2. The Kier molecular flexibility index (Phi) is 6.08. The van der Waals surface area contributed by atoms with Gasteiger partial charge in [0.2, 0.25) is 5.91 Å². The Labute approximate surface area is 187 Å². The van der Waals surface area contributed by atoms with Gasteiger partial charge in [0.15, 0.2) is 0 Å². The van der Waals surface area contributed by atoms with Gasteiger partial charge < -0.3 is 15.1 Å². The molecule has 0 radical (unpaired) electrons. The first-order valence-corrected chi connectivity index (χ1v) is 10.8. The zero-order chi connectivity index (χ0) is 20.1. The molecular weight excluding hydrogens is 423 g/mol. The molecule has 0 spiro atoms. The summed E-state index contributed by atoms with van der Waals surface area (Å²) >= 11 is 6.55. The number of likely N-dealkylation sites (tertiary alicyclic amines) is 1. The summed E-state index contributed by atoms with van der Waals surface area (Å²) in [6, 6.07) is 9.95. The number of carbonyl (C=O) groups excluding carboxylic acids is 1. The second kappa shape index (κ2) is 8.46. The smallest absolute Gasteiger partial charge is 0.226 e. The Morgan fingerprint density at radius 3 is 2.63 bits per heavy atom. The van der Waals surface area contributed by atoms with Crippen molar-refractivity contribution in [3.63, 3.8) is 0 Å². The van der Waals surface area contributed by atoms with Crippen molar-refractivity contribution in [1.82, 2.24) is 9.88 Å². The number of benzene rings is 1. The van der Waals surface area contributed by atoms with Gasteiger partial charge in [0.05, 0.1) is 12.2 Å². The number of fused-ring (bicyclic) bond motifs is 2. The first kappa shape index (κ1) is 21.6. The Morgan fingerprint density at radius 1 is 1.13 bits per heavy atom. The highest BCUT2D eigenvalue weighted by Gasteiger charge is 2.55. The lowest BCUT2D eigenvalue weighted by atomic mass is 9.89. The summed E-state index contributed by atoms with van der Waals surface area (Å²) in [5.74, 6) is 0.232. The van der Waals surface area contributed by atoms with E-state index in [4.69, 9.17) is 11.6 Å². The fraction of sp³-hybridized carbons (Fsp3) is 0.478. The summed E-state index contributed by atoms with van der Waals surface area (Å²) in [4.78, 5) is 19.2. The molecule has 2 N–H and O–H groups in total. The molecule has 6 atom stereocenters. The number of hydrogen-bond donors (Lipinski definition) is 2. The van der Waals surface area contributed by atoms with Crippen LogP contribution in [0.15, 0.2) is 42.7 Å². The van der Waals surface area contributed by atoms with E-state index in [0.717, 1.165) is 42.5 Å². The van der Waals surface area contributed by atoms with E-state index in [-0.39, 0.29) is 42.1 Å². The predicted molar refractivity (Wildman–Crippen MR) is 117 cm³/mol. The lowest BCUT2D eigenvalue weighted by Gasteiger charge is -2.36. The summed E-state index contributed by atoms with van der Waals surface area (Å²) in [6.45, 7) is 0.728. The van der Waals surface area contributed by atoms with Crippen LogP contribution in [-0.2, 0) is 11.2 Å². The SMILES string of the molecule is Cl.O=C1C(Cc2ccc(-c3cccnc3)cc2Cl)CCN1C1CC2CC1C(O)C2O. The van der Waals surface area contributed by atoms with Crippen LogP contribution in [0.4, 0.5) is 0 Å². The van der Waals surface area contributed by atoms with Crippen molar-refractivity contribution in [3.8, 4) is 11.1 Å². The molecule has 5 nitrogen and oxygen atoms in total. The minimum Gasteiger partial charge on any atom is -0.390 e. The first-order valence-electron chi connectivity index (χ1n) is 10.4. The van der Waals surface area contributed by atoms with Crippen LogP contribution in [0.3, 0.4) is 0 Å². The van der Waals surface area contributed by atoms with E-state index < -0.39 is 12.2 Å². The molecular formula is C23H26Cl2N2O3. The van der Waals surface area contributed by atoms with E-state index >= 15 is 0 Å². The van der Waals surface area contributed by atoms with Gasteiger partial charge in [0.1, 0.15) is 0 Å². The molecule has 2 heterocycles. The molecule has 1 amide bonds. The normalized spacial score (nSPS) is 32.5. The standard InChI is InChI=1S/C23H25ClN2O3.ClH/c24-19-10-13(16-2-1-6-25-12-16)3-4-14(19)8-15-5-7-26(23(15)29)20-11-17-9-18(20)22(28)21(17)27;/h1-4,6,10,12,15,17-18,20-22,27-28H,5,7-9,11H2;1H. The summed E-state index contributed by atoms with van der Waals surface area (Å²) in [5, 5.41) is 21.0. The molecule has 2 saturated carbocycles. The molecule has 2 aliphatic carbocycles. The van der Waals surface area contributed by atoms with Crippen LogP contribution in [0.2, 0.25) is 5.02 Å². The largest absolute Gasteiger partial charge is 0.390 e. The molecule has 3 fully saturated rings.